The van der Waals surface area contributed by atoms with Gasteiger partial charge in [0.05, 0.1) is 6.61 Å². The summed E-state index contributed by atoms with van der Waals surface area (Å²) in [6, 6.07) is 25.6. The fourth-order valence-corrected chi connectivity index (χ4v) is 3.00. The minimum Gasteiger partial charge on any atom is -0.493 e. The van der Waals surface area contributed by atoms with Gasteiger partial charge in [0, 0.05) is 17.8 Å². The average molecular weight is 403 g/mol. The Morgan fingerprint density at radius 1 is 0.893 bits per heavy atom. The van der Waals surface area contributed by atoms with Crippen molar-refractivity contribution in [1.82, 2.24) is 4.90 Å². The Hall–Kier alpha value is -2.21. The highest BCUT2D eigenvalue weighted by atomic mass is 31.2. The van der Waals surface area contributed by atoms with Gasteiger partial charge in [-0.15, -0.1) is 0 Å². The van der Waals surface area contributed by atoms with Gasteiger partial charge in [-0.3, -0.25) is 0 Å². The van der Waals surface area contributed by atoms with Crippen LogP contribution in [0.1, 0.15) is 18.0 Å². The van der Waals surface area contributed by atoms with Crippen LogP contribution in [0.25, 0.3) is 10.8 Å². The Morgan fingerprint density at radius 2 is 1.46 bits per heavy atom. The van der Waals surface area contributed by atoms with E-state index < -0.39 is 7.82 Å². The molecule has 3 N–H and O–H groups in total. The van der Waals surface area contributed by atoms with Gasteiger partial charge >= 0.3 is 7.82 Å². The normalized spacial score (nSPS) is 12.4. The smallest absolute Gasteiger partial charge is 0.466 e. The Kier molecular flexibility index (Phi) is 8.18. The lowest BCUT2D eigenvalue weighted by molar-refractivity contribution is 0.225. The number of phosphoric acid groups is 1. The number of nitrogens with zero attached hydrogens (tertiary/aromatic N) is 1. The standard InChI is InChI=1S/C21H23NO.H3O4P/c1-22(2)20(18-10-4-3-5-11-18)15-16-23-21-14-8-12-17-9-6-7-13-19(17)21;1-5(2,3)4/h3-14,20H,15-16H2,1-2H3;(H3,1,2,3,4)/t20-;/m0./s1. The third-order valence-electron chi connectivity index (χ3n) is 4.21. The van der Waals surface area contributed by atoms with E-state index in [1.807, 2.05) is 0 Å². The van der Waals surface area contributed by atoms with Crippen molar-refractivity contribution in [3.05, 3.63) is 78.4 Å². The summed E-state index contributed by atoms with van der Waals surface area (Å²) in [5.41, 5.74) is 1.33. The highest BCUT2D eigenvalue weighted by molar-refractivity contribution is 7.45. The third-order valence-corrected chi connectivity index (χ3v) is 4.21. The van der Waals surface area contributed by atoms with Gasteiger partial charge in [-0.2, -0.15) is 0 Å². The molecule has 6 nitrogen and oxygen atoms in total. The predicted octanol–water partition coefficient (Wildman–Crippen LogP) is 3.98. The molecule has 7 heteroatoms. The molecule has 0 unspecified atom stereocenters. The van der Waals surface area contributed by atoms with Gasteiger partial charge in [-0.05, 0) is 31.1 Å². The minimum absolute atomic E-state index is 0.367. The highest BCUT2D eigenvalue weighted by Gasteiger charge is 2.14. The largest absolute Gasteiger partial charge is 0.493 e. The molecule has 3 aromatic rings. The molecule has 0 aliphatic rings. The SMILES string of the molecule is CN(C)[C@@H](CCOc1cccc2ccccc12)c1ccccc1.O=P(O)(O)O. The maximum absolute atomic E-state index is 8.88. The zero-order chi connectivity index (χ0) is 20.6. The van der Waals surface area contributed by atoms with Crippen molar-refractivity contribution in [2.45, 2.75) is 12.5 Å². The molecule has 28 heavy (non-hydrogen) atoms. The first-order valence-electron chi connectivity index (χ1n) is 8.86. The van der Waals surface area contributed by atoms with Gasteiger partial charge in [0.25, 0.3) is 0 Å². The van der Waals surface area contributed by atoms with Crippen molar-refractivity contribution in [3.63, 3.8) is 0 Å². The van der Waals surface area contributed by atoms with Crippen molar-refractivity contribution in [2.75, 3.05) is 20.7 Å². The van der Waals surface area contributed by atoms with Crippen LogP contribution in [0.3, 0.4) is 0 Å². The quantitative estimate of drug-likeness (QED) is 0.540. The lowest BCUT2D eigenvalue weighted by Gasteiger charge is -2.25. The molecule has 0 amide bonds. The van der Waals surface area contributed by atoms with E-state index in [1.54, 1.807) is 0 Å². The van der Waals surface area contributed by atoms with Gasteiger partial charge in [0.1, 0.15) is 5.75 Å². The van der Waals surface area contributed by atoms with E-state index in [0.717, 1.165) is 12.2 Å². The lowest BCUT2D eigenvalue weighted by atomic mass is 10.0. The number of ether oxygens (including phenoxy) is 1. The first kappa shape index (κ1) is 22.1. The summed E-state index contributed by atoms with van der Waals surface area (Å²) in [7, 11) is -0.398. The summed E-state index contributed by atoms with van der Waals surface area (Å²) in [6.45, 7) is 0.700. The van der Waals surface area contributed by atoms with Crippen LogP contribution in [-0.4, -0.2) is 40.3 Å². The first-order chi connectivity index (χ1) is 13.3. The van der Waals surface area contributed by atoms with Crippen molar-refractivity contribution in [1.29, 1.82) is 0 Å². The number of hydrogen-bond acceptors (Lipinski definition) is 3. The predicted molar refractivity (Wildman–Crippen MR) is 111 cm³/mol. The van der Waals surface area contributed by atoms with Gasteiger partial charge in [-0.25, -0.2) is 4.57 Å². The Bertz CT molecular complexity index is 897. The minimum atomic E-state index is -4.64. The van der Waals surface area contributed by atoms with Crippen LogP contribution >= 0.6 is 7.82 Å². The van der Waals surface area contributed by atoms with E-state index in [1.165, 1.54) is 16.3 Å². The Labute approximate surface area is 165 Å². The third kappa shape index (κ3) is 7.43. The van der Waals surface area contributed by atoms with Crippen LogP contribution in [0, 0.1) is 0 Å². The van der Waals surface area contributed by atoms with E-state index in [0.29, 0.717) is 12.6 Å². The summed E-state index contributed by atoms with van der Waals surface area (Å²) in [4.78, 5) is 23.8. The Morgan fingerprint density at radius 3 is 2.11 bits per heavy atom. The molecule has 150 valence electrons. The van der Waals surface area contributed by atoms with E-state index in [-0.39, 0.29) is 0 Å². The number of hydrogen-bond donors (Lipinski definition) is 3. The molecule has 0 fully saturated rings. The second-order valence-electron chi connectivity index (χ2n) is 6.52. The molecule has 0 aliphatic carbocycles. The number of fused-ring (bicyclic) bond motifs is 1. The van der Waals surface area contributed by atoms with E-state index in [2.05, 4.69) is 91.8 Å². The van der Waals surface area contributed by atoms with Gasteiger partial charge < -0.3 is 24.3 Å². The molecule has 0 heterocycles. The van der Waals surface area contributed by atoms with Gasteiger partial charge in [0.15, 0.2) is 0 Å². The molecular weight excluding hydrogens is 377 g/mol. The molecule has 0 saturated heterocycles. The average Bonchev–Trinajstić information content (AvgIpc) is 2.64. The molecule has 3 rings (SSSR count). The number of benzene rings is 3. The van der Waals surface area contributed by atoms with Crippen LogP contribution in [0.4, 0.5) is 0 Å². The molecule has 0 radical (unpaired) electrons. The second-order valence-corrected chi connectivity index (χ2v) is 7.54. The van der Waals surface area contributed by atoms with Gasteiger partial charge in [0.2, 0.25) is 0 Å². The second kappa shape index (κ2) is 10.4. The van der Waals surface area contributed by atoms with Crippen LogP contribution in [-0.2, 0) is 4.57 Å². The lowest BCUT2D eigenvalue weighted by Crippen LogP contribution is -2.22. The molecule has 0 aromatic heterocycles. The van der Waals surface area contributed by atoms with Crippen molar-refractivity contribution >= 4 is 18.6 Å². The maximum atomic E-state index is 8.88. The van der Waals surface area contributed by atoms with Crippen molar-refractivity contribution in [2.24, 2.45) is 0 Å². The topological polar surface area (TPSA) is 90.2 Å². The molecule has 0 spiro atoms. The van der Waals surface area contributed by atoms with Crippen molar-refractivity contribution in [3.8, 4) is 5.75 Å². The van der Waals surface area contributed by atoms with Gasteiger partial charge in [-0.1, -0.05) is 66.7 Å². The molecule has 0 saturated carbocycles. The highest BCUT2D eigenvalue weighted by Crippen LogP contribution is 2.27. The zero-order valence-electron chi connectivity index (χ0n) is 16.0. The molecule has 3 aromatic carbocycles. The summed E-state index contributed by atoms with van der Waals surface area (Å²) in [6.07, 6.45) is 0.959. The summed E-state index contributed by atoms with van der Waals surface area (Å²) in [5.74, 6) is 0.966. The van der Waals surface area contributed by atoms with Crippen molar-refractivity contribution < 1.29 is 24.0 Å². The maximum Gasteiger partial charge on any atom is 0.466 e. The molecular formula is C21H26NO5P. The van der Waals surface area contributed by atoms with E-state index in [4.69, 9.17) is 24.0 Å². The van der Waals surface area contributed by atoms with Crippen LogP contribution < -0.4 is 4.74 Å². The van der Waals surface area contributed by atoms with E-state index in [9.17, 15) is 0 Å². The van der Waals surface area contributed by atoms with E-state index >= 15 is 0 Å². The molecule has 0 aliphatic heterocycles. The van der Waals surface area contributed by atoms with Crippen LogP contribution in [0.15, 0.2) is 72.8 Å². The molecule has 0 bridgehead atoms. The molecule has 1 atom stereocenters. The summed E-state index contributed by atoms with van der Waals surface area (Å²) >= 11 is 0. The summed E-state index contributed by atoms with van der Waals surface area (Å²) in [5, 5.41) is 2.40. The van der Waals surface area contributed by atoms with Crippen LogP contribution in [0.5, 0.6) is 5.75 Å². The number of rotatable bonds is 6. The zero-order valence-corrected chi connectivity index (χ0v) is 16.9. The first-order valence-corrected chi connectivity index (χ1v) is 10.4. The Balaban J connectivity index is 0.000000500. The fraction of sp³-hybridized carbons (Fsp3) is 0.238. The fourth-order valence-electron chi connectivity index (χ4n) is 3.00. The monoisotopic (exact) mass is 403 g/mol. The van der Waals surface area contributed by atoms with Crippen LogP contribution in [0.2, 0.25) is 0 Å². The summed E-state index contributed by atoms with van der Waals surface area (Å²) < 4.78 is 15.0.